The van der Waals surface area contributed by atoms with E-state index in [1.54, 1.807) is 11.9 Å². The fourth-order valence-electron chi connectivity index (χ4n) is 3.01. The molecule has 0 aliphatic carbocycles. The van der Waals surface area contributed by atoms with E-state index < -0.39 is 5.97 Å². The standard InChI is InChI=1S/C20H26N2O3/c1-15-13-18(19(23)14-21(3)11-10-20(24)25)16(2)22(15)12-9-17-7-5-4-6-8-17/h4-8,13H,9-12,14H2,1-3H3,(H,24,25). The lowest BCUT2D eigenvalue weighted by Crippen LogP contribution is -2.28. The second-order valence-corrected chi connectivity index (χ2v) is 6.48. The van der Waals surface area contributed by atoms with Crippen molar-refractivity contribution in [3.63, 3.8) is 0 Å². The molecular weight excluding hydrogens is 316 g/mol. The van der Waals surface area contributed by atoms with Crippen molar-refractivity contribution in [3.8, 4) is 0 Å². The number of rotatable bonds is 9. The van der Waals surface area contributed by atoms with E-state index in [2.05, 4.69) is 16.7 Å². The Labute approximate surface area is 148 Å². The van der Waals surface area contributed by atoms with Crippen LogP contribution in [0.1, 0.15) is 33.7 Å². The molecule has 1 N–H and O–H groups in total. The number of carboxylic acid groups (broad SMARTS) is 1. The van der Waals surface area contributed by atoms with E-state index in [1.165, 1.54) is 5.56 Å². The normalized spacial score (nSPS) is 11.0. The Morgan fingerprint density at radius 2 is 1.84 bits per heavy atom. The molecule has 0 aliphatic heterocycles. The van der Waals surface area contributed by atoms with Gasteiger partial charge in [0.1, 0.15) is 0 Å². The summed E-state index contributed by atoms with van der Waals surface area (Å²) in [5, 5.41) is 8.74. The number of carbonyl (C=O) groups excluding carboxylic acids is 1. The number of likely N-dealkylation sites (N-methyl/N-ethyl adjacent to an activating group) is 1. The predicted molar refractivity (Wildman–Crippen MR) is 98.1 cm³/mol. The van der Waals surface area contributed by atoms with Gasteiger partial charge in [0.25, 0.3) is 0 Å². The van der Waals surface area contributed by atoms with Crippen molar-refractivity contribution in [3.05, 3.63) is 58.9 Å². The highest BCUT2D eigenvalue weighted by Crippen LogP contribution is 2.17. The van der Waals surface area contributed by atoms with Gasteiger partial charge in [0.2, 0.25) is 0 Å². The number of hydrogen-bond donors (Lipinski definition) is 1. The van der Waals surface area contributed by atoms with Crippen LogP contribution in [-0.2, 0) is 17.8 Å². The molecule has 0 aliphatic rings. The molecule has 0 atom stereocenters. The molecule has 25 heavy (non-hydrogen) atoms. The van der Waals surface area contributed by atoms with E-state index in [4.69, 9.17) is 5.11 Å². The molecule has 0 fully saturated rings. The summed E-state index contributed by atoms with van der Waals surface area (Å²) in [5.41, 5.74) is 4.05. The first-order chi connectivity index (χ1) is 11.9. The maximum atomic E-state index is 12.6. The summed E-state index contributed by atoms with van der Waals surface area (Å²) in [6.45, 7) is 5.43. The highest BCUT2D eigenvalue weighted by molar-refractivity contribution is 5.99. The van der Waals surface area contributed by atoms with Gasteiger partial charge in [0.05, 0.1) is 13.0 Å². The molecule has 0 unspecified atom stereocenters. The summed E-state index contributed by atoms with van der Waals surface area (Å²) in [4.78, 5) is 25.0. The largest absolute Gasteiger partial charge is 0.481 e. The number of hydrogen-bond acceptors (Lipinski definition) is 3. The first kappa shape index (κ1) is 18.9. The van der Waals surface area contributed by atoms with Gasteiger partial charge in [-0.3, -0.25) is 14.5 Å². The Hall–Kier alpha value is -2.40. The highest BCUT2D eigenvalue weighted by atomic mass is 16.4. The van der Waals surface area contributed by atoms with Gasteiger partial charge in [0, 0.05) is 30.0 Å². The van der Waals surface area contributed by atoms with Crippen molar-refractivity contribution < 1.29 is 14.7 Å². The Morgan fingerprint density at radius 1 is 1.16 bits per heavy atom. The van der Waals surface area contributed by atoms with Crippen LogP contribution in [0.5, 0.6) is 0 Å². The number of Topliss-reactive ketones (excluding diaryl/α,β-unsaturated/α-hetero) is 1. The van der Waals surface area contributed by atoms with Crippen molar-refractivity contribution in [2.45, 2.75) is 33.2 Å². The minimum atomic E-state index is -0.849. The highest BCUT2D eigenvalue weighted by Gasteiger charge is 2.17. The van der Waals surface area contributed by atoms with Crippen molar-refractivity contribution in [1.29, 1.82) is 0 Å². The van der Waals surface area contributed by atoms with Crippen molar-refractivity contribution in [2.24, 2.45) is 0 Å². The molecule has 134 valence electrons. The van der Waals surface area contributed by atoms with Crippen LogP contribution in [0.3, 0.4) is 0 Å². The van der Waals surface area contributed by atoms with Crippen LogP contribution in [0.4, 0.5) is 0 Å². The topological polar surface area (TPSA) is 62.5 Å². The number of nitrogens with zero attached hydrogens (tertiary/aromatic N) is 2. The number of benzene rings is 1. The summed E-state index contributed by atoms with van der Waals surface area (Å²) >= 11 is 0. The van der Waals surface area contributed by atoms with Gasteiger partial charge >= 0.3 is 5.97 Å². The quantitative estimate of drug-likeness (QED) is 0.712. The van der Waals surface area contributed by atoms with Crippen molar-refractivity contribution in [2.75, 3.05) is 20.1 Å². The lowest BCUT2D eigenvalue weighted by atomic mass is 10.1. The van der Waals surface area contributed by atoms with Crippen molar-refractivity contribution in [1.82, 2.24) is 9.47 Å². The Kier molecular flexibility index (Phi) is 6.53. The van der Waals surface area contributed by atoms with Gasteiger partial charge < -0.3 is 9.67 Å². The molecule has 1 heterocycles. The first-order valence-electron chi connectivity index (χ1n) is 8.52. The molecule has 1 aromatic carbocycles. The minimum Gasteiger partial charge on any atom is -0.481 e. The Balaban J connectivity index is 2.02. The summed E-state index contributed by atoms with van der Waals surface area (Å²) in [6, 6.07) is 12.2. The Morgan fingerprint density at radius 3 is 2.48 bits per heavy atom. The molecule has 0 saturated heterocycles. The zero-order valence-corrected chi connectivity index (χ0v) is 15.2. The second-order valence-electron chi connectivity index (χ2n) is 6.48. The second kappa shape index (κ2) is 8.62. The van der Waals surface area contributed by atoms with Gasteiger partial charge in [-0.05, 0) is 38.9 Å². The average Bonchev–Trinajstić information content (AvgIpc) is 2.86. The maximum absolute atomic E-state index is 12.6. The van der Waals surface area contributed by atoms with Crippen LogP contribution in [-0.4, -0.2) is 46.5 Å². The molecule has 5 nitrogen and oxygen atoms in total. The molecule has 0 bridgehead atoms. The third-order valence-electron chi connectivity index (χ3n) is 4.46. The molecule has 2 rings (SSSR count). The van der Waals surface area contributed by atoms with E-state index in [9.17, 15) is 9.59 Å². The van der Waals surface area contributed by atoms with Crippen LogP contribution in [0.25, 0.3) is 0 Å². The summed E-state index contributed by atoms with van der Waals surface area (Å²) in [7, 11) is 1.77. The van der Waals surface area contributed by atoms with E-state index in [1.807, 2.05) is 38.1 Å². The van der Waals surface area contributed by atoms with Gasteiger partial charge in [-0.25, -0.2) is 0 Å². The lowest BCUT2D eigenvalue weighted by Gasteiger charge is -2.14. The van der Waals surface area contributed by atoms with Crippen LogP contribution >= 0.6 is 0 Å². The number of aliphatic carboxylic acids is 1. The van der Waals surface area contributed by atoms with Crippen molar-refractivity contribution >= 4 is 11.8 Å². The number of aromatic nitrogens is 1. The monoisotopic (exact) mass is 342 g/mol. The minimum absolute atomic E-state index is 0.0342. The van der Waals surface area contributed by atoms with E-state index in [0.29, 0.717) is 6.54 Å². The fourth-order valence-corrected chi connectivity index (χ4v) is 3.01. The summed E-state index contributed by atoms with van der Waals surface area (Å²) < 4.78 is 2.18. The van der Waals surface area contributed by atoms with Crippen LogP contribution in [0, 0.1) is 13.8 Å². The molecule has 0 saturated carbocycles. The maximum Gasteiger partial charge on any atom is 0.304 e. The fraction of sp³-hybridized carbons (Fsp3) is 0.400. The summed E-state index contributed by atoms with van der Waals surface area (Å²) in [5.74, 6) is -0.815. The molecular formula is C20H26N2O3. The summed E-state index contributed by atoms with van der Waals surface area (Å²) in [6.07, 6.45) is 0.962. The average molecular weight is 342 g/mol. The first-order valence-corrected chi connectivity index (χ1v) is 8.52. The number of carbonyl (C=O) groups is 2. The molecule has 0 spiro atoms. The Bertz CT molecular complexity index is 735. The van der Waals surface area contributed by atoms with Gasteiger partial charge in [-0.2, -0.15) is 0 Å². The molecule has 2 aromatic rings. The molecule has 0 amide bonds. The van der Waals surface area contributed by atoms with Gasteiger partial charge in [-0.15, -0.1) is 0 Å². The zero-order chi connectivity index (χ0) is 18.4. The number of carboxylic acids is 1. The third-order valence-corrected chi connectivity index (χ3v) is 4.46. The molecule has 5 heteroatoms. The van der Waals surface area contributed by atoms with E-state index >= 15 is 0 Å². The molecule has 0 radical (unpaired) electrons. The molecule has 1 aromatic heterocycles. The third kappa shape index (κ3) is 5.29. The zero-order valence-electron chi connectivity index (χ0n) is 15.2. The predicted octanol–water partition coefficient (Wildman–Crippen LogP) is 2.94. The number of aryl methyl sites for hydroxylation is 2. The van der Waals surface area contributed by atoms with Crippen LogP contribution < -0.4 is 0 Å². The van der Waals surface area contributed by atoms with E-state index in [0.717, 1.165) is 29.9 Å². The SMILES string of the molecule is Cc1cc(C(=O)CN(C)CCC(=O)O)c(C)n1CCc1ccccc1. The van der Waals surface area contributed by atoms with Crippen LogP contribution in [0.2, 0.25) is 0 Å². The van der Waals surface area contributed by atoms with Crippen LogP contribution in [0.15, 0.2) is 36.4 Å². The number of ketones is 1. The van der Waals surface area contributed by atoms with Gasteiger partial charge in [0.15, 0.2) is 5.78 Å². The van der Waals surface area contributed by atoms with Gasteiger partial charge in [-0.1, -0.05) is 30.3 Å². The smallest absolute Gasteiger partial charge is 0.304 e. The van der Waals surface area contributed by atoms with E-state index in [-0.39, 0.29) is 18.7 Å². The lowest BCUT2D eigenvalue weighted by molar-refractivity contribution is -0.137.